The lowest BCUT2D eigenvalue weighted by Crippen LogP contribution is -2.26. The molecule has 6 heteroatoms. The van der Waals surface area contributed by atoms with Gasteiger partial charge in [0, 0.05) is 18.0 Å². The highest BCUT2D eigenvalue weighted by molar-refractivity contribution is 8.13. The summed E-state index contributed by atoms with van der Waals surface area (Å²) in [6.07, 6.45) is -0.115. The molecule has 1 amide bonds. The zero-order chi connectivity index (χ0) is 17.7. The van der Waals surface area contributed by atoms with Crippen LogP contribution in [-0.4, -0.2) is 41.4 Å². The molecule has 0 aliphatic carbocycles. The van der Waals surface area contributed by atoms with Crippen LogP contribution in [0.25, 0.3) is 10.8 Å². The second kappa shape index (κ2) is 8.06. The van der Waals surface area contributed by atoms with Gasteiger partial charge in [-0.2, -0.15) is 0 Å². The molecule has 128 valence electrons. The third-order valence-electron chi connectivity index (χ3n) is 3.81. The number of carboxylic acid groups (broad SMARTS) is 1. The van der Waals surface area contributed by atoms with Crippen LogP contribution in [0.2, 0.25) is 0 Å². The molecule has 2 aromatic carbocycles. The first-order valence-electron chi connectivity index (χ1n) is 7.78. The molecule has 0 saturated heterocycles. The summed E-state index contributed by atoms with van der Waals surface area (Å²) in [5.41, 5.74) is 0.644. The predicted octanol–water partition coefficient (Wildman–Crippen LogP) is 4.03. The number of hydrogen-bond acceptors (Lipinski definition) is 4. The maximum atomic E-state index is 12.5. The summed E-state index contributed by atoms with van der Waals surface area (Å²) in [5.74, 6) is -0.195. The standard InChI is InChI=1S/C18H21NO4S/c1-4-19(5-2)18(22)24-17-13(11-16(20)21)7-6-12-10-14(23-3)8-9-15(12)17/h6-10H,4-5,11H2,1-3H3,(H,20,21). The molecule has 2 aromatic rings. The number of benzene rings is 2. The van der Waals surface area contributed by atoms with E-state index in [1.807, 2.05) is 38.1 Å². The van der Waals surface area contributed by atoms with Crippen LogP contribution in [0, 0.1) is 0 Å². The van der Waals surface area contributed by atoms with E-state index in [0.29, 0.717) is 23.5 Å². The Labute approximate surface area is 145 Å². The SMILES string of the molecule is CCN(CC)C(=O)Sc1c(CC(=O)O)ccc2cc(OC)ccc12. The number of carbonyl (C=O) groups excluding carboxylic acids is 1. The van der Waals surface area contributed by atoms with E-state index < -0.39 is 5.97 Å². The molecule has 2 rings (SSSR count). The van der Waals surface area contributed by atoms with Crippen LogP contribution in [-0.2, 0) is 11.2 Å². The maximum absolute atomic E-state index is 12.5. The van der Waals surface area contributed by atoms with E-state index in [1.165, 1.54) is 0 Å². The summed E-state index contributed by atoms with van der Waals surface area (Å²) in [5, 5.41) is 10.9. The van der Waals surface area contributed by atoms with E-state index in [9.17, 15) is 9.59 Å². The number of ether oxygens (including phenoxy) is 1. The van der Waals surface area contributed by atoms with Crippen LogP contribution in [0.15, 0.2) is 35.2 Å². The lowest BCUT2D eigenvalue weighted by atomic mass is 10.0. The minimum absolute atomic E-state index is 0.0741. The predicted molar refractivity (Wildman–Crippen MR) is 96.0 cm³/mol. The molecule has 0 saturated carbocycles. The van der Waals surface area contributed by atoms with Crippen LogP contribution in [0.4, 0.5) is 4.79 Å². The minimum Gasteiger partial charge on any atom is -0.497 e. The van der Waals surface area contributed by atoms with E-state index in [1.54, 1.807) is 18.1 Å². The normalized spacial score (nSPS) is 10.6. The molecule has 0 radical (unpaired) electrons. The highest BCUT2D eigenvalue weighted by atomic mass is 32.2. The zero-order valence-electron chi connectivity index (χ0n) is 14.0. The number of carboxylic acids is 1. The molecule has 0 heterocycles. The van der Waals surface area contributed by atoms with Crippen molar-refractivity contribution in [1.29, 1.82) is 0 Å². The van der Waals surface area contributed by atoms with Gasteiger partial charge in [-0.05, 0) is 60.1 Å². The van der Waals surface area contributed by atoms with Crippen molar-refractivity contribution in [3.8, 4) is 5.75 Å². The quantitative estimate of drug-likeness (QED) is 0.799. The van der Waals surface area contributed by atoms with Gasteiger partial charge in [0.05, 0.1) is 13.5 Å². The van der Waals surface area contributed by atoms with Gasteiger partial charge >= 0.3 is 5.97 Å². The van der Waals surface area contributed by atoms with Crippen molar-refractivity contribution in [2.45, 2.75) is 25.2 Å². The molecule has 0 atom stereocenters. The van der Waals surface area contributed by atoms with E-state index in [2.05, 4.69) is 0 Å². The Kier molecular flexibility index (Phi) is 6.09. The first-order chi connectivity index (χ1) is 11.5. The fourth-order valence-corrected chi connectivity index (χ4v) is 3.64. The summed E-state index contributed by atoms with van der Waals surface area (Å²) in [6, 6.07) is 9.21. The van der Waals surface area contributed by atoms with Gasteiger partial charge < -0.3 is 14.7 Å². The van der Waals surface area contributed by atoms with Gasteiger partial charge in [0.15, 0.2) is 0 Å². The Morgan fingerprint density at radius 1 is 1.17 bits per heavy atom. The molecule has 0 aliphatic rings. The Bertz CT molecular complexity index is 756. The van der Waals surface area contributed by atoms with Gasteiger partial charge in [0.2, 0.25) is 0 Å². The zero-order valence-corrected chi connectivity index (χ0v) is 14.9. The van der Waals surface area contributed by atoms with Crippen LogP contribution in [0.1, 0.15) is 19.4 Å². The van der Waals surface area contributed by atoms with Crippen molar-refractivity contribution in [2.24, 2.45) is 0 Å². The van der Waals surface area contributed by atoms with Gasteiger partial charge in [-0.25, -0.2) is 0 Å². The number of thioether (sulfide) groups is 1. The molecule has 0 aromatic heterocycles. The summed E-state index contributed by atoms with van der Waals surface area (Å²) >= 11 is 1.10. The number of carbonyl (C=O) groups is 2. The summed E-state index contributed by atoms with van der Waals surface area (Å²) in [4.78, 5) is 26.1. The van der Waals surface area contributed by atoms with Crippen molar-refractivity contribution < 1.29 is 19.4 Å². The Balaban J connectivity index is 2.52. The largest absolute Gasteiger partial charge is 0.497 e. The van der Waals surface area contributed by atoms with Crippen LogP contribution in [0.5, 0.6) is 5.75 Å². The molecule has 0 aliphatic heterocycles. The first-order valence-corrected chi connectivity index (χ1v) is 8.60. The number of methoxy groups -OCH3 is 1. The van der Waals surface area contributed by atoms with Crippen molar-refractivity contribution in [2.75, 3.05) is 20.2 Å². The van der Waals surface area contributed by atoms with E-state index >= 15 is 0 Å². The molecular weight excluding hydrogens is 326 g/mol. The van der Waals surface area contributed by atoms with Crippen LogP contribution >= 0.6 is 11.8 Å². The lowest BCUT2D eigenvalue weighted by Gasteiger charge is -2.19. The van der Waals surface area contributed by atoms with Crippen molar-refractivity contribution in [1.82, 2.24) is 4.90 Å². The van der Waals surface area contributed by atoms with Crippen molar-refractivity contribution in [3.05, 3.63) is 35.9 Å². The Hall–Kier alpha value is -2.21. The summed E-state index contributed by atoms with van der Waals surface area (Å²) in [7, 11) is 1.60. The molecule has 0 spiro atoms. The molecule has 0 bridgehead atoms. The number of hydrogen-bond donors (Lipinski definition) is 1. The molecular formula is C18H21NO4S. The van der Waals surface area contributed by atoms with E-state index in [0.717, 1.165) is 28.3 Å². The Morgan fingerprint density at radius 2 is 1.88 bits per heavy atom. The lowest BCUT2D eigenvalue weighted by molar-refractivity contribution is -0.136. The van der Waals surface area contributed by atoms with Crippen molar-refractivity contribution >= 4 is 33.7 Å². The fraction of sp³-hybridized carbons (Fsp3) is 0.333. The topological polar surface area (TPSA) is 66.8 Å². The second-order valence-corrected chi connectivity index (χ2v) is 6.21. The smallest absolute Gasteiger partial charge is 0.307 e. The number of rotatable bonds is 6. The highest BCUT2D eigenvalue weighted by Crippen LogP contribution is 2.35. The molecule has 1 N–H and O–H groups in total. The van der Waals surface area contributed by atoms with Gasteiger partial charge in [-0.1, -0.05) is 12.1 Å². The summed E-state index contributed by atoms with van der Waals surface area (Å²) in [6.45, 7) is 5.09. The van der Waals surface area contributed by atoms with Gasteiger partial charge in [-0.3, -0.25) is 9.59 Å². The number of amides is 1. The number of aliphatic carboxylic acids is 1. The highest BCUT2D eigenvalue weighted by Gasteiger charge is 2.18. The second-order valence-electron chi connectivity index (χ2n) is 5.25. The Morgan fingerprint density at radius 3 is 2.46 bits per heavy atom. The average molecular weight is 347 g/mol. The van der Waals surface area contributed by atoms with Crippen molar-refractivity contribution in [3.63, 3.8) is 0 Å². The molecule has 0 fully saturated rings. The third kappa shape index (κ3) is 4.00. The monoisotopic (exact) mass is 347 g/mol. The molecule has 24 heavy (non-hydrogen) atoms. The van der Waals surface area contributed by atoms with E-state index in [-0.39, 0.29) is 11.7 Å². The molecule has 5 nitrogen and oxygen atoms in total. The van der Waals surface area contributed by atoms with Gasteiger partial charge in [0.25, 0.3) is 5.24 Å². The van der Waals surface area contributed by atoms with Crippen LogP contribution < -0.4 is 4.74 Å². The third-order valence-corrected chi connectivity index (χ3v) is 4.93. The average Bonchev–Trinajstić information content (AvgIpc) is 2.57. The van der Waals surface area contributed by atoms with Gasteiger partial charge in [-0.15, -0.1) is 0 Å². The molecule has 0 unspecified atom stereocenters. The van der Waals surface area contributed by atoms with Gasteiger partial charge in [0.1, 0.15) is 5.75 Å². The van der Waals surface area contributed by atoms with E-state index in [4.69, 9.17) is 9.84 Å². The minimum atomic E-state index is -0.917. The number of fused-ring (bicyclic) bond motifs is 1. The summed E-state index contributed by atoms with van der Waals surface area (Å²) < 4.78 is 5.23. The fourth-order valence-electron chi connectivity index (χ4n) is 2.51. The first kappa shape index (κ1) is 18.1. The number of nitrogens with zero attached hydrogens (tertiary/aromatic N) is 1. The van der Waals surface area contributed by atoms with Crippen LogP contribution in [0.3, 0.4) is 0 Å². The maximum Gasteiger partial charge on any atom is 0.307 e.